The third-order valence-corrected chi connectivity index (χ3v) is 4.66. The lowest BCUT2D eigenvalue weighted by Crippen LogP contribution is -2.40. The number of ether oxygens (including phenoxy) is 2. The van der Waals surface area contributed by atoms with E-state index in [1.165, 1.54) is 0 Å². The molecule has 1 unspecified atom stereocenters. The number of nitrogens with zero attached hydrogens (tertiary/aromatic N) is 2. The molecule has 2 aromatic rings. The summed E-state index contributed by atoms with van der Waals surface area (Å²) in [6.45, 7) is 8.21. The fourth-order valence-corrected chi connectivity index (χ4v) is 3.23. The van der Waals surface area contributed by atoms with Crippen LogP contribution in [0.5, 0.6) is 0 Å². The van der Waals surface area contributed by atoms with E-state index in [1.54, 1.807) is 4.90 Å². The third-order valence-electron chi connectivity index (χ3n) is 4.66. The van der Waals surface area contributed by atoms with Gasteiger partial charge in [-0.25, -0.2) is 9.59 Å². The van der Waals surface area contributed by atoms with Gasteiger partial charge in [0.1, 0.15) is 12.2 Å². The van der Waals surface area contributed by atoms with Crippen LogP contribution in [0.3, 0.4) is 0 Å². The Morgan fingerprint density at radius 2 is 1.90 bits per heavy atom. The number of alkyl carbamates (subject to hydrolysis) is 1. The van der Waals surface area contributed by atoms with Crippen molar-refractivity contribution in [2.45, 2.75) is 58.8 Å². The summed E-state index contributed by atoms with van der Waals surface area (Å²) in [5.41, 5.74) is 2.68. The van der Waals surface area contributed by atoms with Gasteiger partial charge in [0.25, 0.3) is 0 Å². The second-order valence-corrected chi connectivity index (χ2v) is 8.37. The summed E-state index contributed by atoms with van der Waals surface area (Å²) in [4.78, 5) is 31.0. The summed E-state index contributed by atoms with van der Waals surface area (Å²) in [5, 5.41) is 2.81. The average Bonchev–Trinajstić information content (AvgIpc) is 2.71. The van der Waals surface area contributed by atoms with Crippen molar-refractivity contribution < 1.29 is 19.1 Å². The summed E-state index contributed by atoms with van der Waals surface area (Å²) in [6.07, 6.45) is 0.715. The van der Waals surface area contributed by atoms with E-state index >= 15 is 0 Å². The van der Waals surface area contributed by atoms with Crippen molar-refractivity contribution in [1.82, 2.24) is 10.3 Å². The molecule has 1 aliphatic heterocycles. The molecule has 0 aliphatic carbocycles. The van der Waals surface area contributed by atoms with Crippen LogP contribution in [0.25, 0.3) is 0 Å². The van der Waals surface area contributed by atoms with Crippen molar-refractivity contribution in [2.24, 2.45) is 0 Å². The second kappa shape index (κ2) is 9.15. The lowest BCUT2D eigenvalue weighted by atomic mass is 10.1. The van der Waals surface area contributed by atoms with E-state index in [-0.39, 0.29) is 18.7 Å². The number of nitrogens with one attached hydrogen (secondary N) is 1. The smallest absolute Gasteiger partial charge is 0.414 e. The molecule has 0 bridgehead atoms. The van der Waals surface area contributed by atoms with Crippen LogP contribution in [0.1, 0.15) is 57.1 Å². The Balaban J connectivity index is 1.63. The highest BCUT2D eigenvalue weighted by molar-refractivity contribution is 5.89. The fraction of sp³-hybridized carbons (Fsp3) is 0.435. The molecule has 160 valence electrons. The van der Waals surface area contributed by atoms with Gasteiger partial charge in [0.2, 0.25) is 0 Å². The van der Waals surface area contributed by atoms with Gasteiger partial charge in [-0.3, -0.25) is 9.88 Å². The summed E-state index contributed by atoms with van der Waals surface area (Å²) < 4.78 is 10.8. The lowest BCUT2D eigenvalue weighted by Gasteiger charge is -2.31. The standard InChI is InChI=1S/C23H29N3O4/c1-16(24-21(27)29-15-17-9-6-5-7-10-17)18-12-13-20-19(25-18)11-8-14-26(20)22(28)30-23(2,3)4/h5-7,9-10,12-13,16H,8,11,14-15H2,1-4H3,(H,24,27). The largest absolute Gasteiger partial charge is 0.445 e. The molecule has 30 heavy (non-hydrogen) atoms. The van der Waals surface area contributed by atoms with E-state index in [1.807, 2.05) is 70.2 Å². The number of benzene rings is 1. The second-order valence-electron chi connectivity index (χ2n) is 8.37. The summed E-state index contributed by atoms with van der Waals surface area (Å²) in [6, 6.07) is 12.9. The maximum atomic E-state index is 12.5. The Kier molecular flexibility index (Phi) is 6.59. The number of carbonyl (C=O) groups is 2. The Bertz CT molecular complexity index is 893. The number of fused-ring (bicyclic) bond motifs is 1. The van der Waals surface area contributed by atoms with E-state index in [2.05, 4.69) is 5.32 Å². The molecule has 2 amide bonds. The lowest BCUT2D eigenvalue weighted by molar-refractivity contribution is 0.0577. The van der Waals surface area contributed by atoms with Gasteiger partial charge in [-0.15, -0.1) is 0 Å². The Morgan fingerprint density at radius 3 is 2.60 bits per heavy atom. The molecule has 0 saturated carbocycles. The zero-order valence-electron chi connectivity index (χ0n) is 18.0. The van der Waals surface area contributed by atoms with Gasteiger partial charge in [-0.2, -0.15) is 0 Å². The van der Waals surface area contributed by atoms with Gasteiger partial charge in [-0.05, 0) is 58.2 Å². The SMILES string of the molecule is CC(NC(=O)OCc1ccccc1)c1ccc2c(n1)CCCN2C(=O)OC(C)(C)C. The van der Waals surface area contributed by atoms with Gasteiger partial charge in [-0.1, -0.05) is 30.3 Å². The summed E-state index contributed by atoms with van der Waals surface area (Å²) in [7, 11) is 0. The van der Waals surface area contributed by atoms with Crippen molar-refractivity contribution in [3.8, 4) is 0 Å². The summed E-state index contributed by atoms with van der Waals surface area (Å²) >= 11 is 0. The molecule has 0 saturated heterocycles. The number of rotatable bonds is 4. The van der Waals surface area contributed by atoms with Crippen LogP contribution >= 0.6 is 0 Å². The molecule has 7 nitrogen and oxygen atoms in total. The number of carbonyl (C=O) groups excluding carboxylic acids is 2. The number of hydrogen-bond donors (Lipinski definition) is 1. The minimum atomic E-state index is -0.555. The molecule has 1 atom stereocenters. The number of amides is 2. The summed E-state index contributed by atoms with van der Waals surface area (Å²) in [5.74, 6) is 0. The van der Waals surface area contributed by atoms with Crippen molar-refractivity contribution in [1.29, 1.82) is 0 Å². The van der Waals surface area contributed by atoms with E-state index in [0.29, 0.717) is 6.54 Å². The van der Waals surface area contributed by atoms with Gasteiger partial charge in [0, 0.05) is 6.54 Å². The molecule has 7 heteroatoms. The third kappa shape index (κ3) is 5.72. The predicted octanol–water partition coefficient (Wildman–Crippen LogP) is 4.76. The highest BCUT2D eigenvalue weighted by Gasteiger charge is 2.28. The zero-order chi connectivity index (χ0) is 21.7. The zero-order valence-corrected chi connectivity index (χ0v) is 18.0. The van der Waals surface area contributed by atoms with Gasteiger partial charge < -0.3 is 14.8 Å². The molecule has 0 fully saturated rings. The van der Waals surface area contributed by atoms with Crippen LogP contribution in [0, 0.1) is 0 Å². The van der Waals surface area contributed by atoms with Crippen LogP contribution in [0.15, 0.2) is 42.5 Å². The van der Waals surface area contributed by atoms with Gasteiger partial charge in [0.05, 0.1) is 23.1 Å². The van der Waals surface area contributed by atoms with E-state index in [0.717, 1.165) is 35.5 Å². The first-order valence-electron chi connectivity index (χ1n) is 10.2. The number of hydrogen-bond acceptors (Lipinski definition) is 5. The molecule has 0 radical (unpaired) electrons. The minimum absolute atomic E-state index is 0.210. The Hall–Kier alpha value is -3.09. The topological polar surface area (TPSA) is 80.8 Å². The highest BCUT2D eigenvalue weighted by Crippen LogP contribution is 2.28. The normalized spacial score (nSPS) is 14.5. The molecule has 1 aromatic carbocycles. The van der Waals surface area contributed by atoms with Crippen LogP contribution in [-0.2, 0) is 22.5 Å². The minimum Gasteiger partial charge on any atom is -0.445 e. The van der Waals surface area contributed by atoms with E-state index in [9.17, 15) is 9.59 Å². The van der Waals surface area contributed by atoms with Crippen molar-refractivity contribution in [3.63, 3.8) is 0 Å². The number of aryl methyl sites for hydroxylation is 1. The molecular weight excluding hydrogens is 382 g/mol. The van der Waals surface area contributed by atoms with Crippen LogP contribution in [0.2, 0.25) is 0 Å². The van der Waals surface area contributed by atoms with E-state index < -0.39 is 11.7 Å². The first kappa shape index (κ1) is 21.6. The predicted molar refractivity (Wildman–Crippen MR) is 114 cm³/mol. The quantitative estimate of drug-likeness (QED) is 0.785. The number of anilines is 1. The first-order valence-corrected chi connectivity index (χ1v) is 10.2. The molecule has 1 aromatic heterocycles. The van der Waals surface area contributed by atoms with Crippen LogP contribution < -0.4 is 10.2 Å². The molecular formula is C23H29N3O4. The van der Waals surface area contributed by atoms with Crippen LogP contribution in [-0.4, -0.2) is 29.3 Å². The maximum Gasteiger partial charge on any atom is 0.414 e. The maximum absolute atomic E-state index is 12.5. The Labute approximate surface area is 177 Å². The fourth-order valence-electron chi connectivity index (χ4n) is 3.23. The Morgan fingerprint density at radius 1 is 1.17 bits per heavy atom. The van der Waals surface area contributed by atoms with Crippen molar-refractivity contribution in [3.05, 3.63) is 59.4 Å². The highest BCUT2D eigenvalue weighted by atomic mass is 16.6. The molecule has 2 heterocycles. The number of pyridine rings is 1. The molecule has 1 aliphatic rings. The number of aromatic nitrogens is 1. The van der Waals surface area contributed by atoms with Crippen molar-refractivity contribution in [2.75, 3.05) is 11.4 Å². The molecule has 1 N–H and O–H groups in total. The first-order chi connectivity index (χ1) is 14.2. The average molecular weight is 412 g/mol. The monoisotopic (exact) mass is 411 g/mol. The van der Waals surface area contributed by atoms with E-state index in [4.69, 9.17) is 14.5 Å². The molecule has 0 spiro atoms. The van der Waals surface area contributed by atoms with Crippen LogP contribution in [0.4, 0.5) is 15.3 Å². The van der Waals surface area contributed by atoms with Gasteiger partial charge >= 0.3 is 12.2 Å². The van der Waals surface area contributed by atoms with Crippen molar-refractivity contribution >= 4 is 17.9 Å². The molecule has 3 rings (SSSR count). The van der Waals surface area contributed by atoms with Gasteiger partial charge in [0.15, 0.2) is 0 Å².